The van der Waals surface area contributed by atoms with Crippen molar-refractivity contribution in [2.45, 2.75) is 6.54 Å². The predicted molar refractivity (Wildman–Crippen MR) is 107 cm³/mol. The Bertz CT molecular complexity index is 632. The highest BCUT2D eigenvalue weighted by molar-refractivity contribution is 5.78. The Kier molecular flexibility index (Phi) is 9.19. The predicted octanol–water partition coefficient (Wildman–Crippen LogP) is 0.0338. The second-order valence-corrected chi connectivity index (χ2v) is 7.00. The van der Waals surface area contributed by atoms with Crippen molar-refractivity contribution in [3.63, 3.8) is 0 Å². The van der Waals surface area contributed by atoms with Crippen LogP contribution in [0.2, 0.25) is 0 Å². The molecule has 1 saturated heterocycles. The van der Waals surface area contributed by atoms with Crippen molar-refractivity contribution in [1.29, 1.82) is 0 Å². The SMILES string of the molecule is COCCNC(=O)CN1CCN(CC(=O)N(C)Cc2cccc(OC)c2)CC1. The number of methoxy groups -OCH3 is 2. The lowest BCUT2D eigenvalue weighted by atomic mass is 10.2. The van der Waals surface area contributed by atoms with Crippen LogP contribution < -0.4 is 10.1 Å². The Balaban J connectivity index is 1.70. The summed E-state index contributed by atoms with van der Waals surface area (Å²) in [4.78, 5) is 30.4. The molecule has 0 radical (unpaired) electrons. The first-order valence-corrected chi connectivity index (χ1v) is 9.59. The van der Waals surface area contributed by atoms with Crippen LogP contribution in [0.25, 0.3) is 0 Å². The quantitative estimate of drug-likeness (QED) is 0.567. The lowest BCUT2D eigenvalue weighted by Gasteiger charge is -2.34. The lowest BCUT2D eigenvalue weighted by molar-refractivity contribution is -0.132. The molecule has 1 aliphatic rings. The van der Waals surface area contributed by atoms with Gasteiger partial charge in [-0.25, -0.2) is 0 Å². The molecule has 28 heavy (non-hydrogen) atoms. The van der Waals surface area contributed by atoms with Crippen LogP contribution in [-0.2, 0) is 20.9 Å². The summed E-state index contributed by atoms with van der Waals surface area (Å²) in [5.74, 6) is 0.897. The Labute approximate surface area is 167 Å². The second kappa shape index (κ2) is 11.6. The third kappa shape index (κ3) is 7.46. The molecule has 0 saturated carbocycles. The van der Waals surface area contributed by atoms with Gasteiger partial charge in [-0.3, -0.25) is 19.4 Å². The van der Waals surface area contributed by atoms with Gasteiger partial charge in [-0.2, -0.15) is 0 Å². The molecule has 1 aliphatic heterocycles. The zero-order valence-electron chi connectivity index (χ0n) is 17.1. The molecule has 0 bridgehead atoms. The van der Waals surface area contributed by atoms with E-state index < -0.39 is 0 Å². The van der Waals surface area contributed by atoms with Crippen molar-refractivity contribution in [3.8, 4) is 5.75 Å². The minimum absolute atomic E-state index is 0.0135. The van der Waals surface area contributed by atoms with Gasteiger partial charge in [0.1, 0.15) is 5.75 Å². The average Bonchev–Trinajstić information content (AvgIpc) is 2.69. The van der Waals surface area contributed by atoms with Crippen LogP contribution in [0.5, 0.6) is 5.75 Å². The summed E-state index contributed by atoms with van der Waals surface area (Å²) >= 11 is 0. The van der Waals surface area contributed by atoms with Crippen LogP contribution in [0.1, 0.15) is 5.56 Å². The lowest BCUT2D eigenvalue weighted by Crippen LogP contribution is -2.51. The molecular weight excluding hydrogens is 360 g/mol. The maximum Gasteiger partial charge on any atom is 0.236 e. The van der Waals surface area contributed by atoms with Crippen LogP contribution in [0.4, 0.5) is 0 Å². The number of nitrogens with one attached hydrogen (secondary N) is 1. The van der Waals surface area contributed by atoms with Crippen molar-refractivity contribution >= 4 is 11.8 Å². The van der Waals surface area contributed by atoms with Gasteiger partial charge in [0, 0.05) is 53.4 Å². The van der Waals surface area contributed by atoms with Crippen molar-refractivity contribution in [2.24, 2.45) is 0 Å². The highest BCUT2D eigenvalue weighted by Crippen LogP contribution is 2.14. The highest BCUT2D eigenvalue weighted by atomic mass is 16.5. The summed E-state index contributed by atoms with van der Waals surface area (Å²) in [6.45, 7) is 5.52. The summed E-state index contributed by atoms with van der Waals surface area (Å²) < 4.78 is 10.2. The zero-order valence-corrected chi connectivity index (χ0v) is 17.1. The molecular formula is C20H32N4O4. The molecule has 0 aromatic heterocycles. The zero-order chi connectivity index (χ0) is 20.4. The summed E-state index contributed by atoms with van der Waals surface area (Å²) in [6.07, 6.45) is 0. The van der Waals surface area contributed by atoms with Crippen LogP contribution in [-0.4, -0.2) is 100 Å². The van der Waals surface area contributed by atoms with Gasteiger partial charge in [-0.15, -0.1) is 0 Å². The van der Waals surface area contributed by atoms with Gasteiger partial charge in [0.25, 0.3) is 0 Å². The number of hydrogen-bond acceptors (Lipinski definition) is 6. The van der Waals surface area contributed by atoms with E-state index in [1.807, 2.05) is 31.3 Å². The third-order valence-corrected chi connectivity index (χ3v) is 4.80. The van der Waals surface area contributed by atoms with Crippen molar-refractivity contribution in [3.05, 3.63) is 29.8 Å². The van der Waals surface area contributed by atoms with Gasteiger partial charge in [0.2, 0.25) is 11.8 Å². The van der Waals surface area contributed by atoms with Gasteiger partial charge >= 0.3 is 0 Å². The topological polar surface area (TPSA) is 74.4 Å². The van der Waals surface area contributed by atoms with Crippen LogP contribution >= 0.6 is 0 Å². The molecule has 1 fully saturated rings. The summed E-state index contributed by atoms with van der Waals surface area (Å²) in [5, 5.41) is 2.83. The van der Waals surface area contributed by atoms with Gasteiger partial charge in [-0.05, 0) is 17.7 Å². The van der Waals surface area contributed by atoms with Gasteiger partial charge in [0.15, 0.2) is 0 Å². The van der Waals surface area contributed by atoms with Crippen LogP contribution in [0, 0.1) is 0 Å². The molecule has 0 aliphatic carbocycles. The van der Waals surface area contributed by atoms with Crippen LogP contribution in [0.3, 0.4) is 0 Å². The second-order valence-electron chi connectivity index (χ2n) is 7.00. The molecule has 0 spiro atoms. The van der Waals surface area contributed by atoms with Gasteiger partial charge in [0.05, 0.1) is 26.8 Å². The Hall–Kier alpha value is -2.16. The van der Waals surface area contributed by atoms with E-state index in [2.05, 4.69) is 15.1 Å². The van der Waals surface area contributed by atoms with Crippen LogP contribution in [0.15, 0.2) is 24.3 Å². The minimum Gasteiger partial charge on any atom is -0.497 e. The standard InChI is InChI=1S/C20H32N4O4/c1-22(14-17-5-4-6-18(13-17)28-3)20(26)16-24-10-8-23(9-11-24)15-19(25)21-7-12-27-2/h4-6,13H,7-12,14-16H2,1-3H3,(H,21,25). The number of piperazine rings is 1. The fourth-order valence-electron chi connectivity index (χ4n) is 3.10. The number of carbonyl (C=O) groups excluding carboxylic acids is 2. The number of ether oxygens (including phenoxy) is 2. The third-order valence-electron chi connectivity index (χ3n) is 4.80. The molecule has 1 aromatic rings. The number of rotatable bonds is 10. The van der Waals surface area contributed by atoms with E-state index in [4.69, 9.17) is 9.47 Å². The van der Waals surface area contributed by atoms with E-state index in [1.165, 1.54) is 0 Å². The smallest absolute Gasteiger partial charge is 0.236 e. The Morgan fingerprint density at radius 1 is 1.11 bits per heavy atom. The van der Waals surface area contributed by atoms with Crippen molar-refractivity contribution in [1.82, 2.24) is 20.0 Å². The number of likely N-dealkylation sites (N-methyl/N-ethyl adjacent to an activating group) is 1. The maximum atomic E-state index is 12.5. The molecule has 2 amide bonds. The largest absolute Gasteiger partial charge is 0.497 e. The number of amides is 2. The first kappa shape index (κ1) is 22.1. The Morgan fingerprint density at radius 3 is 2.43 bits per heavy atom. The molecule has 1 N–H and O–H groups in total. The first-order chi connectivity index (χ1) is 13.5. The number of nitrogens with zero attached hydrogens (tertiary/aromatic N) is 3. The van der Waals surface area contributed by atoms with Crippen molar-refractivity contribution in [2.75, 3.05) is 73.7 Å². The summed E-state index contributed by atoms with van der Waals surface area (Å²) in [6, 6.07) is 7.75. The Morgan fingerprint density at radius 2 is 1.79 bits per heavy atom. The molecule has 1 aromatic carbocycles. The molecule has 8 nitrogen and oxygen atoms in total. The van der Waals surface area contributed by atoms with Crippen molar-refractivity contribution < 1.29 is 19.1 Å². The normalized spacial score (nSPS) is 15.2. The fourth-order valence-corrected chi connectivity index (χ4v) is 3.10. The minimum atomic E-state index is 0.0135. The van der Waals surface area contributed by atoms with E-state index in [-0.39, 0.29) is 11.8 Å². The molecule has 0 atom stereocenters. The number of benzene rings is 1. The number of carbonyl (C=O) groups is 2. The number of hydrogen-bond donors (Lipinski definition) is 1. The monoisotopic (exact) mass is 392 g/mol. The molecule has 0 unspecified atom stereocenters. The molecule has 1 heterocycles. The average molecular weight is 393 g/mol. The maximum absolute atomic E-state index is 12.5. The van der Waals surface area contributed by atoms with Gasteiger partial charge in [-0.1, -0.05) is 12.1 Å². The fraction of sp³-hybridized carbons (Fsp3) is 0.600. The first-order valence-electron chi connectivity index (χ1n) is 9.59. The van der Waals surface area contributed by atoms with E-state index in [9.17, 15) is 9.59 Å². The summed E-state index contributed by atoms with van der Waals surface area (Å²) in [7, 11) is 5.07. The van der Waals surface area contributed by atoms with E-state index in [1.54, 1.807) is 19.1 Å². The summed E-state index contributed by atoms with van der Waals surface area (Å²) in [5.41, 5.74) is 1.04. The molecule has 8 heteroatoms. The highest BCUT2D eigenvalue weighted by Gasteiger charge is 2.21. The van der Waals surface area contributed by atoms with E-state index >= 15 is 0 Å². The van der Waals surface area contributed by atoms with Gasteiger partial charge < -0.3 is 19.7 Å². The van der Waals surface area contributed by atoms with E-state index in [0.29, 0.717) is 32.8 Å². The molecule has 156 valence electrons. The molecule has 2 rings (SSSR count). The van der Waals surface area contributed by atoms with E-state index in [0.717, 1.165) is 37.5 Å².